The van der Waals surface area contributed by atoms with Crippen LogP contribution in [0, 0.1) is 6.92 Å². The van der Waals surface area contributed by atoms with Crippen LogP contribution in [0.1, 0.15) is 89.5 Å². The third-order valence-corrected chi connectivity index (χ3v) is 7.29. The molecule has 0 aromatic heterocycles. The molecule has 3 unspecified atom stereocenters. The van der Waals surface area contributed by atoms with E-state index in [1.165, 1.54) is 12.1 Å². The lowest BCUT2D eigenvalue weighted by atomic mass is 9.87. The van der Waals surface area contributed by atoms with Gasteiger partial charge in [-0.2, -0.15) is 0 Å². The Morgan fingerprint density at radius 1 is 1.05 bits per heavy atom. The second-order valence-electron chi connectivity index (χ2n) is 12.0. The maximum atomic E-state index is 14.5. The molecule has 1 fully saturated rings. The number of carbonyl (C=O) groups excluding carboxylic acids is 3. The number of alkyl carbamates (subject to hydrolysis) is 1. The minimum absolute atomic E-state index is 0.0388. The van der Waals surface area contributed by atoms with Gasteiger partial charge in [-0.05, 0) is 83.6 Å². The lowest BCUT2D eigenvalue weighted by Gasteiger charge is -2.44. The molecule has 224 valence electrons. The summed E-state index contributed by atoms with van der Waals surface area (Å²) in [5.74, 6) is -0.783. The molecule has 2 aromatic carbocycles. The van der Waals surface area contributed by atoms with Crippen LogP contribution < -0.4 is 10.6 Å². The van der Waals surface area contributed by atoms with Gasteiger partial charge in [-0.3, -0.25) is 9.59 Å². The molecule has 2 aromatic rings. The number of aromatic hydroxyl groups is 2. The maximum Gasteiger partial charge on any atom is 0.408 e. The van der Waals surface area contributed by atoms with Crippen molar-refractivity contribution < 1.29 is 29.3 Å². The molecule has 4 N–H and O–H groups in total. The topological polar surface area (TPSA) is 128 Å². The Balaban J connectivity index is 2.08. The molecule has 0 heterocycles. The first-order chi connectivity index (χ1) is 19.3. The van der Waals surface area contributed by atoms with Crippen LogP contribution >= 0.6 is 0 Å². The van der Waals surface area contributed by atoms with E-state index >= 15 is 0 Å². The van der Waals surface area contributed by atoms with E-state index in [9.17, 15) is 24.6 Å². The van der Waals surface area contributed by atoms with Gasteiger partial charge in [0.05, 0.1) is 0 Å². The molecule has 9 heteroatoms. The number of rotatable bonds is 11. The van der Waals surface area contributed by atoms with Crippen molar-refractivity contribution in [1.82, 2.24) is 15.5 Å². The number of aryl methyl sites for hydroxylation is 1. The lowest BCUT2D eigenvalue weighted by molar-refractivity contribution is -0.147. The van der Waals surface area contributed by atoms with E-state index in [1.54, 1.807) is 62.9 Å². The molecular weight excluding hydrogens is 522 g/mol. The van der Waals surface area contributed by atoms with Crippen LogP contribution in [-0.4, -0.2) is 56.7 Å². The molecule has 0 aliphatic heterocycles. The Morgan fingerprint density at radius 3 is 2.27 bits per heavy atom. The van der Waals surface area contributed by atoms with Crippen molar-refractivity contribution in [2.75, 3.05) is 0 Å². The third-order valence-electron chi connectivity index (χ3n) is 7.29. The average molecular weight is 568 g/mol. The summed E-state index contributed by atoms with van der Waals surface area (Å²) in [6, 6.07) is 9.04. The van der Waals surface area contributed by atoms with Crippen molar-refractivity contribution in [1.29, 1.82) is 0 Å². The van der Waals surface area contributed by atoms with Gasteiger partial charge in [0.15, 0.2) is 0 Å². The Kier molecular flexibility index (Phi) is 10.7. The van der Waals surface area contributed by atoms with Crippen LogP contribution in [0.3, 0.4) is 0 Å². The fourth-order valence-corrected chi connectivity index (χ4v) is 5.03. The van der Waals surface area contributed by atoms with Crippen LogP contribution in [0.5, 0.6) is 11.5 Å². The summed E-state index contributed by atoms with van der Waals surface area (Å²) >= 11 is 0. The molecular formula is C32H45N3O6. The van der Waals surface area contributed by atoms with Crippen molar-refractivity contribution in [2.45, 2.75) is 110 Å². The van der Waals surface area contributed by atoms with Gasteiger partial charge < -0.3 is 30.5 Å². The Hall–Kier alpha value is -3.75. The minimum atomic E-state index is -1.10. The van der Waals surface area contributed by atoms with Crippen LogP contribution in [0.4, 0.5) is 4.79 Å². The normalized spacial score (nSPS) is 15.7. The van der Waals surface area contributed by atoms with Crippen molar-refractivity contribution in [3.8, 4) is 11.5 Å². The van der Waals surface area contributed by atoms with Gasteiger partial charge in [0.2, 0.25) is 11.8 Å². The van der Waals surface area contributed by atoms with E-state index in [1.807, 2.05) is 13.8 Å². The van der Waals surface area contributed by atoms with Gasteiger partial charge in [0.25, 0.3) is 0 Å². The van der Waals surface area contributed by atoms with E-state index in [-0.39, 0.29) is 35.9 Å². The molecule has 41 heavy (non-hydrogen) atoms. The molecule has 0 radical (unpaired) electrons. The van der Waals surface area contributed by atoms with Crippen molar-refractivity contribution in [3.63, 3.8) is 0 Å². The van der Waals surface area contributed by atoms with Crippen molar-refractivity contribution in [3.05, 3.63) is 59.2 Å². The second kappa shape index (κ2) is 13.7. The van der Waals surface area contributed by atoms with E-state index in [0.29, 0.717) is 29.5 Å². The number of hydrogen-bond donors (Lipinski definition) is 4. The lowest BCUT2D eigenvalue weighted by Crippen LogP contribution is -2.58. The van der Waals surface area contributed by atoms with Gasteiger partial charge >= 0.3 is 6.09 Å². The number of ether oxygens (including phenoxy) is 1. The molecule has 1 saturated carbocycles. The monoisotopic (exact) mass is 567 g/mol. The second-order valence-corrected chi connectivity index (χ2v) is 12.0. The SMILES string of the molecule is CCCC(C)NC(=O)C(c1cccc(C)c1O)N(C(=O)C(Cc1ccc(O)cc1)NC(=O)OC(C)(C)C)C1CCC1. The number of hydrogen-bond acceptors (Lipinski definition) is 6. The van der Waals surface area contributed by atoms with E-state index in [0.717, 1.165) is 19.3 Å². The molecule has 9 nitrogen and oxygen atoms in total. The number of carbonyl (C=O) groups is 3. The first-order valence-electron chi connectivity index (χ1n) is 14.5. The number of nitrogens with one attached hydrogen (secondary N) is 2. The largest absolute Gasteiger partial charge is 0.508 e. The van der Waals surface area contributed by atoms with Crippen LogP contribution in [0.2, 0.25) is 0 Å². The average Bonchev–Trinajstić information content (AvgIpc) is 2.84. The number of phenols is 2. The zero-order valence-electron chi connectivity index (χ0n) is 25.1. The van der Waals surface area contributed by atoms with Crippen LogP contribution in [-0.2, 0) is 20.7 Å². The summed E-state index contributed by atoms with van der Waals surface area (Å²) in [4.78, 5) is 42.9. The highest BCUT2D eigenvalue weighted by molar-refractivity contribution is 5.93. The first kappa shape index (κ1) is 31.8. The summed E-state index contributed by atoms with van der Waals surface area (Å²) in [5.41, 5.74) is 0.860. The van der Waals surface area contributed by atoms with E-state index in [4.69, 9.17) is 4.74 Å². The van der Waals surface area contributed by atoms with Crippen molar-refractivity contribution in [2.24, 2.45) is 0 Å². The maximum absolute atomic E-state index is 14.5. The van der Waals surface area contributed by atoms with Gasteiger partial charge in [0.1, 0.15) is 29.2 Å². The van der Waals surface area contributed by atoms with Crippen LogP contribution in [0.15, 0.2) is 42.5 Å². The number of para-hydroxylation sites is 1. The smallest absolute Gasteiger partial charge is 0.408 e. The van der Waals surface area contributed by atoms with Gasteiger partial charge in [-0.25, -0.2) is 4.79 Å². The van der Waals surface area contributed by atoms with Gasteiger partial charge in [-0.1, -0.05) is 43.7 Å². The molecule has 1 aliphatic rings. The number of amides is 3. The predicted molar refractivity (Wildman–Crippen MR) is 158 cm³/mol. The molecule has 0 spiro atoms. The summed E-state index contributed by atoms with van der Waals surface area (Å²) in [7, 11) is 0. The molecule has 0 bridgehead atoms. The van der Waals surface area contributed by atoms with Gasteiger partial charge in [-0.15, -0.1) is 0 Å². The zero-order valence-corrected chi connectivity index (χ0v) is 25.1. The minimum Gasteiger partial charge on any atom is -0.508 e. The van der Waals surface area contributed by atoms with Crippen molar-refractivity contribution >= 4 is 17.9 Å². The van der Waals surface area contributed by atoms with Gasteiger partial charge in [0, 0.05) is 24.1 Å². The zero-order chi connectivity index (χ0) is 30.3. The molecule has 1 aliphatic carbocycles. The standard InChI is InChI=1S/C32H45N3O6/c1-7-10-21(3)33-29(38)27(25-14-8-11-20(2)28(25)37)35(23-12-9-13-23)30(39)26(34-31(40)41-32(4,5)6)19-22-15-17-24(36)18-16-22/h8,11,14-18,21,23,26-27,36-37H,7,9-10,12-13,19H2,1-6H3,(H,33,38)(H,34,40). The first-order valence-corrected chi connectivity index (χ1v) is 14.5. The summed E-state index contributed by atoms with van der Waals surface area (Å²) in [5, 5.41) is 26.6. The summed E-state index contributed by atoms with van der Waals surface area (Å²) < 4.78 is 5.48. The quantitative estimate of drug-likeness (QED) is 0.293. The Bertz CT molecular complexity index is 1200. The Morgan fingerprint density at radius 2 is 1.71 bits per heavy atom. The fraction of sp³-hybridized carbons (Fsp3) is 0.531. The van der Waals surface area contributed by atoms with E-state index < -0.39 is 29.7 Å². The summed E-state index contributed by atoms with van der Waals surface area (Å²) in [6.45, 7) is 10.9. The number of phenolic OH excluding ortho intramolecular Hbond substituents is 2. The van der Waals surface area contributed by atoms with E-state index in [2.05, 4.69) is 10.6 Å². The van der Waals surface area contributed by atoms with Crippen LogP contribution in [0.25, 0.3) is 0 Å². The number of benzene rings is 2. The molecule has 3 atom stereocenters. The summed E-state index contributed by atoms with van der Waals surface area (Å²) in [6.07, 6.45) is 3.30. The molecule has 3 rings (SSSR count). The highest BCUT2D eigenvalue weighted by Gasteiger charge is 2.43. The Labute approximate surface area is 243 Å². The molecule has 0 saturated heterocycles. The highest BCUT2D eigenvalue weighted by atomic mass is 16.6. The number of nitrogens with zero attached hydrogens (tertiary/aromatic N) is 1. The predicted octanol–water partition coefficient (Wildman–Crippen LogP) is 5.27. The molecule has 3 amide bonds. The fourth-order valence-electron chi connectivity index (χ4n) is 5.03. The third kappa shape index (κ3) is 8.62. The highest BCUT2D eigenvalue weighted by Crippen LogP contribution is 2.38.